The van der Waals surface area contributed by atoms with Gasteiger partial charge < -0.3 is 20.0 Å². The number of nitrogens with zero attached hydrogens (tertiary/aromatic N) is 1. The molecule has 2 heterocycles. The second-order valence-corrected chi connectivity index (χ2v) is 7.45. The molecule has 1 aromatic heterocycles. The van der Waals surface area contributed by atoms with Gasteiger partial charge in [-0.3, -0.25) is 4.79 Å². The molecule has 1 fully saturated rings. The van der Waals surface area contributed by atoms with Crippen LogP contribution in [0.4, 0.5) is 14.9 Å². The first-order chi connectivity index (χ1) is 12.9. The van der Waals surface area contributed by atoms with E-state index in [1.807, 2.05) is 6.92 Å². The van der Waals surface area contributed by atoms with E-state index in [1.54, 1.807) is 17.0 Å². The highest BCUT2D eigenvalue weighted by atomic mass is 79.9. The predicted molar refractivity (Wildman–Crippen MR) is 103 cm³/mol. The van der Waals surface area contributed by atoms with Crippen LogP contribution >= 0.6 is 15.9 Å². The number of aryl methyl sites for hydroxylation is 1. The lowest BCUT2D eigenvalue weighted by molar-refractivity contribution is 0.0640. The lowest BCUT2D eigenvalue weighted by Gasteiger charge is -2.32. The van der Waals surface area contributed by atoms with Gasteiger partial charge in [-0.15, -0.1) is 0 Å². The zero-order valence-electron chi connectivity index (χ0n) is 14.9. The number of likely N-dealkylation sites (tertiary alicyclic amines) is 1. The number of hydrogen-bond donors (Lipinski definition) is 2. The summed E-state index contributed by atoms with van der Waals surface area (Å²) < 4.78 is 19.2. The minimum absolute atomic E-state index is 0.132. The summed E-state index contributed by atoms with van der Waals surface area (Å²) in [5.41, 5.74) is 1.19. The van der Waals surface area contributed by atoms with E-state index in [4.69, 9.17) is 4.42 Å². The summed E-state index contributed by atoms with van der Waals surface area (Å²) in [6.07, 6.45) is 1.79. The van der Waals surface area contributed by atoms with E-state index >= 15 is 0 Å². The molecule has 2 aromatic rings. The molecule has 27 heavy (non-hydrogen) atoms. The van der Waals surface area contributed by atoms with Gasteiger partial charge in [-0.25, -0.2) is 9.18 Å². The number of carbonyl (C=O) groups is 2. The van der Waals surface area contributed by atoms with Gasteiger partial charge in [-0.1, -0.05) is 6.07 Å². The number of hydrogen-bond acceptors (Lipinski definition) is 3. The first kappa shape index (κ1) is 19.4. The lowest BCUT2D eigenvalue weighted by Crippen LogP contribution is -2.44. The highest BCUT2D eigenvalue weighted by molar-refractivity contribution is 9.10. The number of carbonyl (C=O) groups excluding carboxylic acids is 2. The van der Waals surface area contributed by atoms with E-state index in [1.165, 1.54) is 18.2 Å². The van der Waals surface area contributed by atoms with Gasteiger partial charge in [0.25, 0.3) is 5.91 Å². The second-order valence-electron chi connectivity index (χ2n) is 6.67. The zero-order valence-corrected chi connectivity index (χ0v) is 16.5. The van der Waals surface area contributed by atoms with E-state index in [2.05, 4.69) is 26.6 Å². The number of piperidine rings is 1. The van der Waals surface area contributed by atoms with Crippen LogP contribution in [0.25, 0.3) is 0 Å². The summed E-state index contributed by atoms with van der Waals surface area (Å²) in [7, 11) is 0. The maximum absolute atomic E-state index is 13.2. The summed E-state index contributed by atoms with van der Waals surface area (Å²) >= 11 is 3.24. The third kappa shape index (κ3) is 5.09. The molecule has 6 nitrogen and oxygen atoms in total. The molecule has 0 radical (unpaired) electrons. The van der Waals surface area contributed by atoms with Crippen molar-refractivity contribution in [3.8, 4) is 0 Å². The van der Waals surface area contributed by atoms with E-state index in [-0.39, 0.29) is 11.8 Å². The number of benzene rings is 1. The van der Waals surface area contributed by atoms with Crippen LogP contribution in [-0.2, 0) is 0 Å². The van der Waals surface area contributed by atoms with Crippen LogP contribution in [0.2, 0.25) is 0 Å². The van der Waals surface area contributed by atoms with Gasteiger partial charge in [0.2, 0.25) is 0 Å². The minimum atomic E-state index is -0.408. The van der Waals surface area contributed by atoms with E-state index < -0.39 is 11.8 Å². The standard InChI is InChI=1S/C19H21BrFN3O3/c1-12-8-16(20)27-17(12)18(25)24-7-3-4-13(11-24)10-22-19(26)23-15-6-2-5-14(21)9-15/h2,5-6,8-9,13H,3-4,7,10-11H2,1H3,(H2,22,23,26). The summed E-state index contributed by atoms with van der Waals surface area (Å²) in [4.78, 5) is 26.4. The third-order valence-corrected chi connectivity index (χ3v) is 4.91. The van der Waals surface area contributed by atoms with Crippen LogP contribution in [0.1, 0.15) is 29.0 Å². The number of rotatable bonds is 4. The molecule has 1 unspecified atom stereocenters. The molecule has 0 bridgehead atoms. The van der Waals surface area contributed by atoms with E-state index in [0.29, 0.717) is 35.8 Å². The third-order valence-electron chi connectivity index (χ3n) is 4.52. The van der Waals surface area contributed by atoms with Gasteiger partial charge in [0.1, 0.15) is 5.82 Å². The average Bonchev–Trinajstić information content (AvgIpc) is 2.98. The maximum atomic E-state index is 13.2. The molecule has 3 rings (SSSR count). The fourth-order valence-electron chi connectivity index (χ4n) is 3.19. The van der Waals surface area contributed by atoms with Crippen molar-refractivity contribution in [2.45, 2.75) is 19.8 Å². The largest absolute Gasteiger partial charge is 0.444 e. The van der Waals surface area contributed by atoms with Gasteiger partial charge in [-0.2, -0.15) is 0 Å². The normalized spacial score (nSPS) is 16.9. The SMILES string of the molecule is Cc1cc(Br)oc1C(=O)N1CCCC(CNC(=O)Nc2cccc(F)c2)C1. The van der Waals surface area contributed by atoms with Gasteiger partial charge in [-0.05, 0) is 65.9 Å². The lowest BCUT2D eigenvalue weighted by atomic mass is 9.97. The minimum Gasteiger partial charge on any atom is -0.444 e. The fraction of sp³-hybridized carbons (Fsp3) is 0.368. The topological polar surface area (TPSA) is 74.6 Å². The summed E-state index contributed by atoms with van der Waals surface area (Å²) in [6.45, 7) is 3.49. The molecule has 2 N–H and O–H groups in total. The monoisotopic (exact) mass is 437 g/mol. The van der Waals surface area contributed by atoms with Gasteiger partial charge in [0.05, 0.1) is 0 Å². The molecule has 1 saturated heterocycles. The van der Waals surface area contributed by atoms with Crippen LogP contribution in [0, 0.1) is 18.7 Å². The highest BCUT2D eigenvalue weighted by Crippen LogP contribution is 2.24. The summed E-state index contributed by atoms with van der Waals surface area (Å²) in [6, 6.07) is 7.10. The van der Waals surface area contributed by atoms with Crippen molar-refractivity contribution in [3.05, 3.63) is 52.1 Å². The Morgan fingerprint density at radius 3 is 2.89 bits per heavy atom. The van der Waals surface area contributed by atoms with Crippen LogP contribution < -0.4 is 10.6 Å². The van der Waals surface area contributed by atoms with Crippen LogP contribution in [0.15, 0.2) is 39.4 Å². The molecule has 1 aromatic carbocycles. The quantitative estimate of drug-likeness (QED) is 0.753. The molecular formula is C19H21BrFN3O3. The Morgan fingerprint density at radius 1 is 1.37 bits per heavy atom. The van der Waals surface area contributed by atoms with Crippen molar-refractivity contribution in [1.29, 1.82) is 0 Å². The van der Waals surface area contributed by atoms with E-state index in [9.17, 15) is 14.0 Å². The molecule has 0 spiro atoms. The molecule has 1 aliphatic rings. The molecule has 3 amide bonds. The zero-order chi connectivity index (χ0) is 19.4. The Bertz CT molecular complexity index is 839. The molecule has 1 aliphatic heterocycles. The van der Waals surface area contributed by atoms with Crippen molar-refractivity contribution in [3.63, 3.8) is 0 Å². The number of amides is 3. The average molecular weight is 438 g/mol. The first-order valence-electron chi connectivity index (χ1n) is 8.78. The van der Waals surface area contributed by atoms with Gasteiger partial charge in [0, 0.05) is 30.9 Å². The van der Waals surface area contributed by atoms with Crippen LogP contribution in [-0.4, -0.2) is 36.5 Å². The molecule has 0 saturated carbocycles. The maximum Gasteiger partial charge on any atom is 0.319 e. The predicted octanol–water partition coefficient (Wildman–Crippen LogP) is 4.16. The second kappa shape index (κ2) is 8.56. The number of halogens is 2. The summed E-state index contributed by atoms with van der Waals surface area (Å²) in [5, 5.41) is 5.40. The van der Waals surface area contributed by atoms with Crippen molar-refractivity contribution in [2.24, 2.45) is 5.92 Å². The van der Waals surface area contributed by atoms with Crippen LogP contribution in [0.5, 0.6) is 0 Å². The molecule has 0 aliphatic carbocycles. The Kier molecular flexibility index (Phi) is 6.15. The first-order valence-corrected chi connectivity index (χ1v) is 9.57. The van der Waals surface area contributed by atoms with Crippen molar-refractivity contribution < 1.29 is 18.4 Å². The number of anilines is 1. The Hall–Kier alpha value is -2.35. The number of urea groups is 1. The summed E-state index contributed by atoms with van der Waals surface area (Å²) in [5.74, 6) is -0.0415. The highest BCUT2D eigenvalue weighted by Gasteiger charge is 2.27. The van der Waals surface area contributed by atoms with Crippen LogP contribution in [0.3, 0.4) is 0 Å². The molecule has 144 valence electrons. The van der Waals surface area contributed by atoms with Crippen molar-refractivity contribution >= 4 is 33.6 Å². The van der Waals surface area contributed by atoms with Crippen molar-refractivity contribution in [1.82, 2.24) is 10.2 Å². The molecule has 8 heteroatoms. The fourth-order valence-corrected chi connectivity index (χ4v) is 3.70. The Morgan fingerprint density at radius 2 is 2.19 bits per heavy atom. The number of nitrogens with one attached hydrogen (secondary N) is 2. The van der Waals surface area contributed by atoms with Crippen molar-refractivity contribution in [2.75, 3.05) is 25.0 Å². The Labute approximate surface area is 165 Å². The van der Waals surface area contributed by atoms with Gasteiger partial charge >= 0.3 is 6.03 Å². The smallest absolute Gasteiger partial charge is 0.319 e. The van der Waals surface area contributed by atoms with Gasteiger partial charge in [0.15, 0.2) is 10.4 Å². The molecule has 1 atom stereocenters. The van der Waals surface area contributed by atoms with E-state index in [0.717, 1.165) is 18.4 Å². The molecular weight excluding hydrogens is 417 g/mol. The Balaban J connectivity index is 1.51. The number of furan rings is 1.